The van der Waals surface area contributed by atoms with Gasteiger partial charge in [-0.2, -0.15) is 4.98 Å². The summed E-state index contributed by atoms with van der Waals surface area (Å²) in [5.74, 6) is -0.448. The minimum atomic E-state index is -0.451. The predicted molar refractivity (Wildman–Crippen MR) is 125 cm³/mol. The van der Waals surface area contributed by atoms with Crippen LogP contribution < -0.4 is 10.5 Å². The average molecular weight is 443 g/mol. The fourth-order valence-corrected chi connectivity index (χ4v) is 4.44. The maximum absolute atomic E-state index is 12.8. The first-order chi connectivity index (χ1) is 15.0. The van der Waals surface area contributed by atoms with Gasteiger partial charge < -0.3 is 14.1 Å². The number of esters is 1. The maximum Gasteiger partial charge on any atom is 0.349 e. The van der Waals surface area contributed by atoms with Gasteiger partial charge in [0.15, 0.2) is 0 Å². The summed E-state index contributed by atoms with van der Waals surface area (Å²) in [4.78, 5) is 33.0. The number of rotatable bonds is 11. The van der Waals surface area contributed by atoms with Crippen LogP contribution in [0.4, 0.5) is 6.01 Å². The molecule has 166 valence electrons. The van der Waals surface area contributed by atoms with E-state index in [9.17, 15) is 9.59 Å². The Morgan fingerprint density at radius 1 is 1.10 bits per heavy atom. The largest absolute Gasteiger partial charge is 0.457 e. The Kier molecular flexibility index (Phi) is 8.23. The Labute approximate surface area is 186 Å². The van der Waals surface area contributed by atoms with Gasteiger partial charge in [0.2, 0.25) is 0 Å². The number of thiophene rings is 1. The molecule has 1 aromatic carbocycles. The van der Waals surface area contributed by atoms with Crippen LogP contribution in [-0.4, -0.2) is 24.0 Å². The molecule has 0 saturated heterocycles. The van der Waals surface area contributed by atoms with Crippen molar-refractivity contribution >= 4 is 33.5 Å². The fourth-order valence-electron chi connectivity index (χ4n) is 3.38. The van der Waals surface area contributed by atoms with Gasteiger partial charge in [-0.15, -0.1) is 11.3 Å². The standard InChI is InChI=1S/C24H30N2O4S/c1-4-6-11-15-26(14-7-5-2)24-25-21-19(22(27)30-24)17(3)20(31-21)23(28)29-16-18-12-9-8-10-13-18/h8-10,12-13H,4-7,11,14-16H2,1-3H3. The molecule has 0 aliphatic carbocycles. The molecule has 2 aromatic heterocycles. The van der Waals surface area contributed by atoms with Gasteiger partial charge in [-0.25, -0.2) is 9.59 Å². The number of benzene rings is 1. The fraction of sp³-hybridized carbons (Fsp3) is 0.458. The molecule has 0 saturated carbocycles. The first-order valence-electron chi connectivity index (χ1n) is 10.9. The zero-order chi connectivity index (χ0) is 22.2. The van der Waals surface area contributed by atoms with Crippen LogP contribution in [-0.2, 0) is 11.3 Å². The Morgan fingerprint density at radius 2 is 1.81 bits per heavy atom. The van der Waals surface area contributed by atoms with Crippen molar-refractivity contribution < 1.29 is 13.9 Å². The highest BCUT2D eigenvalue weighted by atomic mass is 32.1. The van der Waals surface area contributed by atoms with Gasteiger partial charge in [0.05, 0.1) is 0 Å². The van der Waals surface area contributed by atoms with E-state index in [4.69, 9.17) is 9.15 Å². The predicted octanol–water partition coefficient (Wildman–Crippen LogP) is 5.71. The lowest BCUT2D eigenvalue weighted by Crippen LogP contribution is -2.27. The zero-order valence-electron chi connectivity index (χ0n) is 18.5. The Balaban J connectivity index is 1.85. The molecule has 0 spiro atoms. The number of ether oxygens (including phenoxy) is 1. The molecule has 0 fully saturated rings. The number of carbonyl (C=O) groups is 1. The van der Waals surface area contributed by atoms with Crippen molar-refractivity contribution in [3.8, 4) is 0 Å². The average Bonchev–Trinajstić information content (AvgIpc) is 3.12. The first kappa shape index (κ1) is 23.0. The summed E-state index contributed by atoms with van der Waals surface area (Å²) in [5, 5.41) is 0.365. The third-order valence-corrected chi connectivity index (χ3v) is 6.36. The van der Waals surface area contributed by atoms with E-state index in [0.29, 0.717) is 26.7 Å². The number of aryl methyl sites for hydroxylation is 1. The monoisotopic (exact) mass is 442 g/mol. The second-order valence-electron chi connectivity index (χ2n) is 7.63. The summed E-state index contributed by atoms with van der Waals surface area (Å²) in [7, 11) is 0. The van der Waals surface area contributed by atoms with E-state index < -0.39 is 11.6 Å². The molecule has 3 rings (SSSR count). The molecule has 6 nitrogen and oxygen atoms in total. The van der Waals surface area contributed by atoms with E-state index in [1.807, 2.05) is 35.2 Å². The van der Waals surface area contributed by atoms with Crippen LogP contribution in [0.2, 0.25) is 0 Å². The van der Waals surface area contributed by atoms with E-state index >= 15 is 0 Å². The van der Waals surface area contributed by atoms with Crippen LogP contribution in [0.5, 0.6) is 0 Å². The van der Waals surface area contributed by atoms with Crippen molar-refractivity contribution in [1.29, 1.82) is 0 Å². The molecule has 31 heavy (non-hydrogen) atoms. The lowest BCUT2D eigenvalue weighted by molar-refractivity contribution is 0.0478. The van der Waals surface area contributed by atoms with Crippen LogP contribution >= 0.6 is 11.3 Å². The van der Waals surface area contributed by atoms with E-state index in [0.717, 1.165) is 50.8 Å². The minimum absolute atomic E-state index is 0.183. The maximum atomic E-state index is 12.8. The number of unbranched alkanes of at least 4 members (excludes halogenated alkanes) is 3. The molecule has 0 aliphatic rings. The first-order valence-corrected chi connectivity index (χ1v) is 11.8. The van der Waals surface area contributed by atoms with Crippen molar-refractivity contribution in [1.82, 2.24) is 4.98 Å². The molecule has 0 amide bonds. The number of carbonyl (C=O) groups excluding carboxylic acids is 1. The second kappa shape index (κ2) is 11.1. The van der Waals surface area contributed by atoms with E-state index in [1.54, 1.807) is 6.92 Å². The van der Waals surface area contributed by atoms with Crippen LogP contribution in [0.25, 0.3) is 10.2 Å². The van der Waals surface area contributed by atoms with Crippen molar-refractivity contribution in [2.75, 3.05) is 18.0 Å². The van der Waals surface area contributed by atoms with Gasteiger partial charge in [-0.05, 0) is 30.9 Å². The molecule has 0 N–H and O–H groups in total. The van der Waals surface area contributed by atoms with Crippen LogP contribution in [0.3, 0.4) is 0 Å². The lowest BCUT2D eigenvalue weighted by Gasteiger charge is -2.21. The number of hydrogen-bond donors (Lipinski definition) is 0. The van der Waals surface area contributed by atoms with E-state index in [1.165, 1.54) is 11.3 Å². The lowest BCUT2D eigenvalue weighted by atomic mass is 10.2. The SMILES string of the molecule is CCCCCN(CCCC)c1nc2sc(C(=O)OCc3ccccc3)c(C)c2c(=O)o1. The molecule has 0 aliphatic heterocycles. The van der Waals surface area contributed by atoms with Gasteiger partial charge in [-0.1, -0.05) is 63.4 Å². The van der Waals surface area contributed by atoms with Gasteiger partial charge >= 0.3 is 17.6 Å². The summed E-state index contributed by atoms with van der Waals surface area (Å²) in [6.07, 6.45) is 5.30. The molecule has 2 heterocycles. The Bertz CT molecular complexity index is 1060. The molecule has 7 heteroatoms. The summed E-state index contributed by atoms with van der Waals surface area (Å²) in [5.41, 5.74) is 1.03. The minimum Gasteiger partial charge on any atom is -0.457 e. The van der Waals surface area contributed by atoms with Crippen LogP contribution in [0, 0.1) is 6.92 Å². The third-order valence-electron chi connectivity index (χ3n) is 5.20. The summed E-state index contributed by atoms with van der Waals surface area (Å²) >= 11 is 1.19. The molecular formula is C24H30N2O4S. The molecule has 3 aromatic rings. The van der Waals surface area contributed by atoms with E-state index in [2.05, 4.69) is 18.8 Å². The van der Waals surface area contributed by atoms with Gasteiger partial charge in [0, 0.05) is 13.1 Å². The topological polar surface area (TPSA) is 72.6 Å². The van der Waals surface area contributed by atoms with Crippen LogP contribution in [0.15, 0.2) is 39.5 Å². The van der Waals surface area contributed by atoms with Crippen LogP contribution in [0.1, 0.15) is 66.8 Å². The summed E-state index contributed by atoms with van der Waals surface area (Å²) < 4.78 is 11.1. The molecular weight excluding hydrogens is 412 g/mol. The smallest absolute Gasteiger partial charge is 0.349 e. The number of hydrogen-bond acceptors (Lipinski definition) is 7. The zero-order valence-corrected chi connectivity index (χ0v) is 19.3. The highest BCUT2D eigenvalue weighted by molar-refractivity contribution is 7.20. The highest BCUT2D eigenvalue weighted by Crippen LogP contribution is 2.30. The number of aromatic nitrogens is 1. The normalized spacial score (nSPS) is 11.1. The van der Waals surface area contributed by atoms with Gasteiger partial charge in [0.1, 0.15) is 21.7 Å². The Morgan fingerprint density at radius 3 is 2.52 bits per heavy atom. The number of nitrogens with zero attached hydrogens (tertiary/aromatic N) is 2. The number of anilines is 1. The summed E-state index contributed by atoms with van der Waals surface area (Å²) in [6.45, 7) is 7.80. The Hall–Kier alpha value is -2.67. The van der Waals surface area contributed by atoms with Crippen molar-refractivity contribution in [2.45, 2.75) is 59.5 Å². The van der Waals surface area contributed by atoms with E-state index in [-0.39, 0.29) is 6.61 Å². The highest BCUT2D eigenvalue weighted by Gasteiger charge is 2.23. The van der Waals surface area contributed by atoms with Crippen molar-refractivity contribution in [3.05, 3.63) is 56.8 Å². The summed E-state index contributed by atoms with van der Waals surface area (Å²) in [6, 6.07) is 9.85. The van der Waals surface area contributed by atoms with Gasteiger partial charge in [0.25, 0.3) is 0 Å². The number of fused-ring (bicyclic) bond motifs is 1. The van der Waals surface area contributed by atoms with Crippen molar-refractivity contribution in [2.24, 2.45) is 0 Å². The quantitative estimate of drug-likeness (QED) is 0.280. The third kappa shape index (κ3) is 5.73. The second-order valence-corrected chi connectivity index (χ2v) is 8.63. The molecule has 0 bridgehead atoms. The van der Waals surface area contributed by atoms with Gasteiger partial charge in [-0.3, -0.25) is 0 Å². The molecule has 0 unspecified atom stereocenters. The molecule has 0 radical (unpaired) electrons. The van der Waals surface area contributed by atoms with Crippen molar-refractivity contribution in [3.63, 3.8) is 0 Å². The molecule has 0 atom stereocenters.